The summed E-state index contributed by atoms with van der Waals surface area (Å²) in [6.45, 7) is 3.78. The smallest absolute Gasteiger partial charge is 0.244 e. The molecule has 3 heterocycles. The summed E-state index contributed by atoms with van der Waals surface area (Å²) in [6, 6.07) is 7.76. The van der Waals surface area contributed by atoms with Crippen molar-refractivity contribution in [1.29, 1.82) is 0 Å². The van der Waals surface area contributed by atoms with Crippen molar-refractivity contribution in [3.63, 3.8) is 0 Å². The molecule has 0 aromatic carbocycles. The van der Waals surface area contributed by atoms with Crippen molar-refractivity contribution < 1.29 is 9.53 Å². The number of piperidine rings is 1. The predicted molar refractivity (Wildman–Crippen MR) is 98.6 cm³/mol. The van der Waals surface area contributed by atoms with Gasteiger partial charge in [0.2, 0.25) is 5.91 Å². The number of ether oxygens (including phenoxy) is 1. The molecule has 140 valence electrons. The van der Waals surface area contributed by atoms with E-state index in [1.165, 1.54) is 6.42 Å². The lowest BCUT2D eigenvalue weighted by molar-refractivity contribution is -0.133. The molecule has 0 saturated carbocycles. The summed E-state index contributed by atoms with van der Waals surface area (Å²) in [7, 11) is 1.64. The SMILES string of the molecule is COCCN(Cc1ccccn1)C(=O)Cn1ccc([C@@H]2CCCNC2)n1. The highest BCUT2D eigenvalue weighted by Gasteiger charge is 2.19. The van der Waals surface area contributed by atoms with E-state index in [-0.39, 0.29) is 12.5 Å². The molecule has 0 spiro atoms. The molecule has 0 aliphatic carbocycles. The number of rotatable bonds is 8. The van der Waals surface area contributed by atoms with Gasteiger partial charge in [0.1, 0.15) is 6.54 Å². The number of carbonyl (C=O) groups excluding carboxylic acids is 1. The third-order valence-electron chi connectivity index (χ3n) is 4.67. The third kappa shape index (κ3) is 5.12. The van der Waals surface area contributed by atoms with Gasteiger partial charge in [-0.1, -0.05) is 6.07 Å². The molecular formula is C19H27N5O2. The van der Waals surface area contributed by atoms with E-state index in [0.29, 0.717) is 25.6 Å². The number of nitrogens with zero attached hydrogens (tertiary/aromatic N) is 4. The number of nitrogens with one attached hydrogen (secondary N) is 1. The van der Waals surface area contributed by atoms with E-state index in [1.807, 2.05) is 30.5 Å². The lowest BCUT2D eigenvalue weighted by atomic mass is 9.97. The Labute approximate surface area is 154 Å². The second-order valence-corrected chi connectivity index (χ2v) is 6.61. The molecule has 0 bridgehead atoms. The Morgan fingerprint density at radius 2 is 2.35 bits per heavy atom. The zero-order chi connectivity index (χ0) is 18.2. The van der Waals surface area contributed by atoms with E-state index in [2.05, 4.69) is 15.4 Å². The Bertz CT molecular complexity index is 682. The highest BCUT2D eigenvalue weighted by Crippen LogP contribution is 2.21. The highest BCUT2D eigenvalue weighted by atomic mass is 16.5. The zero-order valence-electron chi connectivity index (χ0n) is 15.3. The van der Waals surface area contributed by atoms with Crippen LogP contribution in [0.1, 0.15) is 30.1 Å². The Morgan fingerprint density at radius 3 is 3.08 bits per heavy atom. The van der Waals surface area contributed by atoms with Crippen molar-refractivity contribution in [1.82, 2.24) is 25.0 Å². The van der Waals surface area contributed by atoms with E-state index in [9.17, 15) is 4.79 Å². The van der Waals surface area contributed by atoms with Crippen LogP contribution in [-0.2, 0) is 22.6 Å². The maximum absolute atomic E-state index is 12.8. The number of methoxy groups -OCH3 is 1. The normalized spacial score (nSPS) is 17.2. The first-order chi connectivity index (χ1) is 12.8. The van der Waals surface area contributed by atoms with Crippen LogP contribution in [0.25, 0.3) is 0 Å². The average Bonchev–Trinajstić information content (AvgIpc) is 3.15. The van der Waals surface area contributed by atoms with Crippen LogP contribution in [0.15, 0.2) is 36.7 Å². The summed E-state index contributed by atoms with van der Waals surface area (Å²) >= 11 is 0. The topological polar surface area (TPSA) is 72.3 Å². The lowest BCUT2D eigenvalue weighted by Gasteiger charge is -2.22. The van der Waals surface area contributed by atoms with Crippen LogP contribution in [0.3, 0.4) is 0 Å². The van der Waals surface area contributed by atoms with Gasteiger partial charge < -0.3 is 15.0 Å². The minimum atomic E-state index is 0.0177. The fourth-order valence-corrected chi connectivity index (χ4v) is 3.21. The van der Waals surface area contributed by atoms with Gasteiger partial charge in [0.05, 0.1) is 24.5 Å². The second-order valence-electron chi connectivity index (χ2n) is 6.61. The number of hydrogen-bond acceptors (Lipinski definition) is 5. The zero-order valence-corrected chi connectivity index (χ0v) is 15.3. The predicted octanol–water partition coefficient (Wildman–Crippen LogP) is 1.42. The summed E-state index contributed by atoms with van der Waals surface area (Å²) in [5.41, 5.74) is 1.93. The average molecular weight is 357 g/mol. The van der Waals surface area contributed by atoms with E-state index < -0.39 is 0 Å². The Morgan fingerprint density at radius 1 is 1.42 bits per heavy atom. The number of amides is 1. The van der Waals surface area contributed by atoms with Gasteiger partial charge in [-0.25, -0.2) is 0 Å². The molecule has 1 atom stereocenters. The van der Waals surface area contributed by atoms with Crippen LogP contribution in [0, 0.1) is 0 Å². The second kappa shape index (κ2) is 9.45. The van der Waals surface area contributed by atoms with Crippen molar-refractivity contribution in [3.8, 4) is 0 Å². The van der Waals surface area contributed by atoms with E-state index >= 15 is 0 Å². The van der Waals surface area contributed by atoms with Gasteiger partial charge in [-0.15, -0.1) is 0 Å². The number of aromatic nitrogens is 3. The molecule has 2 aromatic heterocycles. The monoisotopic (exact) mass is 357 g/mol. The fraction of sp³-hybridized carbons (Fsp3) is 0.526. The summed E-state index contributed by atoms with van der Waals surface area (Å²) in [5.74, 6) is 0.460. The third-order valence-corrected chi connectivity index (χ3v) is 4.67. The molecule has 1 aliphatic heterocycles. The molecule has 1 fully saturated rings. The first-order valence-electron chi connectivity index (χ1n) is 9.17. The minimum Gasteiger partial charge on any atom is -0.383 e. The van der Waals surface area contributed by atoms with Crippen molar-refractivity contribution >= 4 is 5.91 Å². The molecule has 26 heavy (non-hydrogen) atoms. The maximum atomic E-state index is 12.8. The van der Waals surface area contributed by atoms with Gasteiger partial charge >= 0.3 is 0 Å². The summed E-state index contributed by atoms with van der Waals surface area (Å²) in [4.78, 5) is 18.9. The van der Waals surface area contributed by atoms with Crippen LogP contribution in [-0.4, -0.2) is 58.9 Å². The van der Waals surface area contributed by atoms with Crippen LogP contribution >= 0.6 is 0 Å². The molecule has 7 nitrogen and oxygen atoms in total. The summed E-state index contributed by atoms with van der Waals surface area (Å²) < 4.78 is 6.89. The van der Waals surface area contributed by atoms with Gasteiger partial charge in [-0.2, -0.15) is 5.10 Å². The molecule has 1 saturated heterocycles. The molecular weight excluding hydrogens is 330 g/mol. The molecule has 2 aromatic rings. The van der Waals surface area contributed by atoms with Crippen LogP contribution in [0.4, 0.5) is 0 Å². The number of carbonyl (C=O) groups is 1. The first kappa shape index (κ1) is 18.5. The van der Waals surface area contributed by atoms with Crippen molar-refractivity contribution in [2.75, 3.05) is 33.4 Å². The quantitative estimate of drug-likeness (QED) is 0.774. The van der Waals surface area contributed by atoms with Crippen molar-refractivity contribution in [2.24, 2.45) is 0 Å². The van der Waals surface area contributed by atoms with E-state index in [4.69, 9.17) is 4.74 Å². The summed E-state index contributed by atoms with van der Waals surface area (Å²) in [5, 5.41) is 8.03. The Hall–Kier alpha value is -2.25. The molecule has 0 unspecified atom stereocenters. The Balaban J connectivity index is 1.62. The Kier molecular flexibility index (Phi) is 6.74. The molecule has 0 radical (unpaired) electrons. The van der Waals surface area contributed by atoms with Crippen LogP contribution < -0.4 is 5.32 Å². The van der Waals surface area contributed by atoms with Crippen molar-refractivity contribution in [2.45, 2.75) is 31.8 Å². The minimum absolute atomic E-state index is 0.0177. The van der Waals surface area contributed by atoms with E-state index in [0.717, 1.165) is 30.9 Å². The van der Waals surface area contributed by atoms with Gasteiger partial charge in [0.15, 0.2) is 0 Å². The largest absolute Gasteiger partial charge is 0.383 e. The van der Waals surface area contributed by atoms with Crippen molar-refractivity contribution in [3.05, 3.63) is 48.0 Å². The van der Waals surface area contributed by atoms with Gasteiger partial charge in [-0.05, 0) is 37.6 Å². The van der Waals surface area contributed by atoms with Gasteiger partial charge in [0, 0.05) is 38.5 Å². The lowest BCUT2D eigenvalue weighted by Crippen LogP contribution is -2.36. The molecule has 1 N–H and O–H groups in total. The molecule has 1 amide bonds. The molecule has 1 aliphatic rings. The van der Waals surface area contributed by atoms with Crippen LogP contribution in [0.2, 0.25) is 0 Å². The number of hydrogen-bond donors (Lipinski definition) is 1. The fourth-order valence-electron chi connectivity index (χ4n) is 3.21. The molecule has 3 rings (SSSR count). The van der Waals surface area contributed by atoms with Gasteiger partial charge in [0.25, 0.3) is 0 Å². The number of pyridine rings is 1. The maximum Gasteiger partial charge on any atom is 0.244 e. The summed E-state index contributed by atoms with van der Waals surface area (Å²) in [6.07, 6.45) is 5.96. The van der Waals surface area contributed by atoms with E-state index in [1.54, 1.807) is 22.9 Å². The standard InChI is InChI=1S/C19H27N5O2/c1-26-12-11-23(14-17-6-2-3-9-21-17)19(25)15-24-10-7-18(22-24)16-5-4-8-20-13-16/h2-3,6-7,9-10,16,20H,4-5,8,11-15H2,1H3/t16-/m1/s1. The van der Waals surface area contributed by atoms with Gasteiger partial charge in [-0.3, -0.25) is 14.5 Å². The first-order valence-corrected chi connectivity index (χ1v) is 9.17. The highest BCUT2D eigenvalue weighted by molar-refractivity contribution is 5.75. The van der Waals surface area contributed by atoms with Crippen LogP contribution in [0.5, 0.6) is 0 Å². The molecule has 7 heteroatoms.